The number of rotatable bonds is 5. The van der Waals surface area contributed by atoms with Gasteiger partial charge in [-0.1, -0.05) is 6.92 Å². The number of nitrogens with one attached hydrogen (secondary N) is 1. The summed E-state index contributed by atoms with van der Waals surface area (Å²) in [6.45, 7) is 8.24. The van der Waals surface area contributed by atoms with Crippen LogP contribution in [0.1, 0.15) is 30.2 Å². The highest BCUT2D eigenvalue weighted by atomic mass is 32.1. The van der Waals surface area contributed by atoms with E-state index in [2.05, 4.69) is 45.7 Å². The normalized spacial score (nSPS) is 10.8. The van der Waals surface area contributed by atoms with E-state index in [0.29, 0.717) is 0 Å². The highest BCUT2D eigenvalue weighted by molar-refractivity contribution is 7.08. The largest absolute Gasteiger partial charge is 0.356 e. The van der Waals surface area contributed by atoms with Crippen molar-refractivity contribution in [1.82, 2.24) is 9.55 Å². The zero-order valence-electron chi connectivity index (χ0n) is 10.7. The third kappa shape index (κ3) is 2.88. The van der Waals surface area contributed by atoms with Gasteiger partial charge in [0.2, 0.25) is 5.95 Å². The molecule has 0 fully saturated rings. The van der Waals surface area contributed by atoms with Crippen LogP contribution in [0.5, 0.6) is 0 Å². The standard InChI is InChI=1S/C13H19N3S/c1-4-5-14-13-15-11(3)6-16(13)7-12-9-17-8-10(12)2/h6,8-9H,4-5,7H2,1-3H3,(H,14,15). The fraction of sp³-hybridized carbons (Fsp3) is 0.462. The van der Waals surface area contributed by atoms with Crippen LogP contribution in [0.15, 0.2) is 17.0 Å². The quantitative estimate of drug-likeness (QED) is 0.879. The Hall–Kier alpha value is -1.29. The first-order valence-electron chi connectivity index (χ1n) is 6.00. The summed E-state index contributed by atoms with van der Waals surface area (Å²) in [7, 11) is 0. The monoisotopic (exact) mass is 249 g/mol. The number of imidazole rings is 1. The molecule has 2 heterocycles. The van der Waals surface area contributed by atoms with Crippen LogP contribution in [-0.4, -0.2) is 16.1 Å². The van der Waals surface area contributed by atoms with E-state index in [4.69, 9.17) is 0 Å². The van der Waals surface area contributed by atoms with Crippen molar-refractivity contribution in [1.29, 1.82) is 0 Å². The van der Waals surface area contributed by atoms with Crippen molar-refractivity contribution in [3.05, 3.63) is 33.8 Å². The molecule has 0 aliphatic heterocycles. The minimum atomic E-state index is 0.905. The van der Waals surface area contributed by atoms with Gasteiger partial charge in [-0.2, -0.15) is 11.3 Å². The average Bonchev–Trinajstić information content (AvgIpc) is 2.84. The first-order valence-corrected chi connectivity index (χ1v) is 6.94. The Morgan fingerprint density at radius 3 is 2.82 bits per heavy atom. The molecule has 2 aromatic rings. The van der Waals surface area contributed by atoms with Crippen molar-refractivity contribution >= 4 is 17.3 Å². The number of aromatic nitrogens is 2. The van der Waals surface area contributed by atoms with Gasteiger partial charge in [-0.25, -0.2) is 4.98 Å². The molecule has 0 spiro atoms. The van der Waals surface area contributed by atoms with E-state index in [1.165, 1.54) is 11.1 Å². The van der Waals surface area contributed by atoms with Gasteiger partial charge in [0.05, 0.1) is 12.2 Å². The maximum Gasteiger partial charge on any atom is 0.203 e. The molecular formula is C13H19N3S. The smallest absolute Gasteiger partial charge is 0.203 e. The van der Waals surface area contributed by atoms with Crippen LogP contribution in [0.3, 0.4) is 0 Å². The van der Waals surface area contributed by atoms with Crippen LogP contribution in [0.4, 0.5) is 5.95 Å². The van der Waals surface area contributed by atoms with E-state index in [1.54, 1.807) is 11.3 Å². The molecule has 0 aliphatic rings. The van der Waals surface area contributed by atoms with Crippen LogP contribution in [0.2, 0.25) is 0 Å². The van der Waals surface area contributed by atoms with Gasteiger partial charge in [-0.05, 0) is 42.2 Å². The van der Waals surface area contributed by atoms with Crippen molar-refractivity contribution in [3.8, 4) is 0 Å². The SMILES string of the molecule is CCCNc1nc(C)cn1Cc1cscc1C. The lowest BCUT2D eigenvalue weighted by Crippen LogP contribution is -2.08. The summed E-state index contributed by atoms with van der Waals surface area (Å²) in [5.74, 6) is 0.981. The Balaban J connectivity index is 2.17. The molecular weight excluding hydrogens is 230 g/mol. The minimum Gasteiger partial charge on any atom is -0.356 e. The highest BCUT2D eigenvalue weighted by Crippen LogP contribution is 2.18. The van der Waals surface area contributed by atoms with Crippen LogP contribution in [0.25, 0.3) is 0 Å². The van der Waals surface area contributed by atoms with Crippen molar-refractivity contribution in [2.24, 2.45) is 0 Å². The van der Waals surface area contributed by atoms with Gasteiger partial charge in [0.15, 0.2) is 0 Å². The molecule has 0 saturated heterocycles. The van der Waals surface area contributed by atoms with Crippen LogP contribution in [-0.2, 0) is 6.54 Å². The van der Waals surface area contributed by atoms with E-state index in [0.717, 1.165) is 31.2 Å². The summed E-state index contributed by atoms with van der Waals surface area (Å²) >= 11 is 1.76. The van der Waals surface area contributed by atoms with Gasteiger partial charge < -0.3 is 9.88 Å². The first-order chi connectivity index (χ1) is 8.20. The Morgan fingerprint density at radius 2 is 2.18 bits per heavy atom. The van der Waals surface area contributed by atoms with Crippen LogP contribution < -0.4 is 5.32 Å². The topological polar surface area (TPSA) is 29.9 Å². The predicted molar refractivity (Wildman–Crippen MR) is 73.9 cm³/mol. The number of hydrogen-bond acceptors (Lipinski definition) is 3. The summed E-state index contributed by atoms with van der Waals surface area (Å²) in [6.07, 6.45) is 3.22. The molecule has 0 aromatic carbocycles. The molecule has 92 valence electrons. The first kappa shape index (κ1) is 12.2. The molecule has 1 N–H and O–H groups in total. The number of hydrogen-bond donors (Lipinski definition) is 1. The van der Waals surface area contributed by atoms with Crippen molar-refractivity contribution in [2.75, 3.05) is 11.9 Å². The molecule has 3 nitrogen and oxygen atoms in total. The Labute approximate surface area is 107 Å². The molecule has 0 unspecified atom stereocenters. The summed E-state index contributed by atoms with van der Waals surface area (Å²) in [5.41, 5.74) is 3.81. The van der Waals surface area contributed by atoms with Gasteiger partial charge in [0.1, 0.15) is 0 Å². The second-order valence-electron chi connectivity index (χ2n) is 4.34. The van der Waals surface area contributed by atoms with Crippen LogP contribution >= 0.6 is 11.3 Å². The number of nitrogens with zero attached hydrogens (tertiary/aromatic N) is 2. The fourth-order valence-corrected chi connectivity index (χ4v) is 2.63. The van der Waals surface area contributed by atoms with Gasteiger partial charge in [0, 0.05) is 12.7 Å². The van der Waals surface area contributed by atoms with Gasteiger partial charge in [0.25, 0.3) is 0 Å². The van der Waals surface area contributed by atoms with Gasteiger partial charge >= 0.3 is 0 Å². The molecule has 0 aliphatic carbocycles. The predicted octanol–water partition coefficient (Wildman–Crippen LogP) is 3.43. The summed E-state index contributed by atoms with van der Waals surface area (Å²) in [6, 6.07) is 0. The zero-order valence-corrected chi connectivity index (χ0v) is 11.5. The van der Waals surface area contributed by atoms with Gasteiger partial charge in [-0.3, -0.25) is 0 Å². The fourth-order valence-electron chi connectivity index (χ4n) is 1.78. The lowest BCUT2D eigenvalue weighted by atomic mass is 10.2. The summed E-state index contributed by atoms with van der Waals surface area (Å²) in [4.78, 5) is 4.51. The number of aryl methyl sites for hydroxylation is 2. The van der Waals surface area contributed by atoms with E-state index >= 15 is 0 Å². The third-order valence-corrected chi connectivity index (χ3v) is 3.64. The molecule has 4 heteroatoms. The molecule has 0 saturated carbocycles. The maximum absolute atomic E-state index is 4.51. The average molecular weight is 249 g/mol. The molecule has 2 rings (SSSR count). The minimum absolute atomic E-state index is 0.905. The number of anilines is 1. The molecule has 2 aromatic heterocycles. The van der Waals surface area contributed by atoms with Crippen molar-refractivity contribution < 1.29 is 0 Å². The maximum atomic E-state index is 4.51. The molecule has 0 amide bonds. The third-order valence-electron chi connectivity index (χ3n) is 2.73. The second-order valence-corrected chi connectivity index (χ2v) is 5.08. The molecule has 17 heavy (non-hydrogen) atoms. The molecule has 0 bridgehead atoms. The molecule has 0 atom stereocenters. The van der Waals surface area contributed by atoms with E-state index in [9.17, 15) is 0 Å². The van der Waals surface area contributed by atoms with Crippen molar-refractivity contribution in [3.63, 3.8) is 0 Å². The Kier molecular flexibility index (Phi) is 3.84. The van der Waals surface area contributed by atoms with Crippen LogP contribution in [0, 0.1) is 13.8 Å². The van der Waals surface area contributed by atoms with Gasteiger partial charge in [-0.15, -0.1) is 0 Å². The second kappa shape index (κ2) is 5.36. The zero-order chi connectivity index (χ0) is 12.3. The van der Waals surface area contributed by atoms with E-state index < -0.39 is 0 Å². The lowest BCUT2D eigenvalue weighted by Gasteiger charge is -2.08. The van der Waals surface area contributed by atoms with Crippen molar-refractivity contribution in [2.45, 2.75) is 33.7 Å². The highest BCUT2D eigenvalue weighted by Gasteiger charge is 2.07. The number of thiophene rings is 1. The van der Waals surface area contributed by atoms with E-state index in [1.807, 2.05) is 6.92 Å². The molecule has 0 radical (unpaired) electrons. The van der Waals surface area contributed by atoms with E-state index in [-0.39, 0.29) is 0 Å². The lowest BCUT2D eigenvalue weighted by molar-refractivity contribution is 0.791. The summed E-state index contributed by atoms with van der Waals surface area (Å²) in [5, 5.41) is 7.78. The Morgan fingerprint density at radius 1 is 1.35 bits per heavy atom. The summed E-state index contributed by atoms with van der Waals surface area (Å²) < 4.78 is 2.19. The Bertz CT molecular complexity index is 485.